The van der Waals surface area contributed by atoms with Gasteiger partial charge < -0.3 is 26.0 Å². The minimum atomic E-state index is -1.32. The van der Waals surface area contributed by atoms with Crippen LogP contribution in [0.3, 0.4) is 0 Å². The lowest BCUT2D eigenvalue weighted by atomic mass is 9.93. The van der Waals surface area contributed by atoms with E-state index < -0.39 is 42.0 Å². The van der Waals surface area contributed by atoms with E-state index >= 15 is 0 Å². The third-order valence-electron chi connectivity index (χ3n) is 6.23. The number of alkyl carbamates (subject to hydrolysis) is 1. The van der Waals surface area contributed by atoms with E-state index in [-0.39, 0.29) is 18.5 Å². The van der Waals surface area contributed by atoms with Gasteiger partial charge in [0.15, 0.2) is 0 Å². The van der Waals surface area contributed by atoms with E-state index in [0.29, 0.717) is 5.56 Å². The minimum Gasteiger partial charge on any atom is -0.444 e. The van der Waals surface area contributed by atoms with Gasteiger partial charge in [0.05, 0.1) is 6.42 Å². The Labute approximate surface area is 220 Å². The van der Waals surface area contributed by atoms with Crippen molar-refractivity contribution in [3.05, 3.63) is 47.5 Å². The first-order chi connectivity index (χ1) is 17.3. The standard InChI is InChI=1S/C28H42N4O5/c1-7-15-32(26(35)22(17-23(29)33)31-27(36)37-28(4,5)6)24(21-14-13-18(2)16-19(21)3)25(34)30-20-11-9-8-10-12-20/h7,13-14,16,20,22,24H,1,8-12,15,17H2,2-6H3,(H2,29,33)(H,30,34)(H,31,36). The molecule has 0 radical (unpaired) electrons. The smallest absolute Gasteiger partial charge is 0.408 e. The van der Waals surface area contributed by atoms with Crippen molar-refractivity contribution < 1.29 is 23.9 Å². The van der Waals surface area contributed by atoms with Crippen LogP contribution in [0.4, 0.5) is 4.79 Å². The van der Waals surface area contributed by atoms with Gasteiger partial charge in [-0.2, -0.15) is 0 Å². The fourth-order valence-corrected chi connectivity index (χ4v) is 4.62. The number of ether oxygens (including phenoxy) is 1. The summed E-state index contributed by atoms with van der Waals surface area (Å²) in [5.41, 5.74) is 7.13. The van der Waals surface area contributed by atoms with Gasteiger partial charge in [0, 0.05) is 12.6 Å². The van der Waals surface area contributed by atoms with E-state index in [9.17, 15) is 19.2 Å². The molecular formula is C28H42N4O5. The van der Waals surface area contributed by atoms with Crippen molar-refractivity contribution >= 4 is 23.8 Å². The van der Waals surface area contributed by atoms with Gasteiger partial charge in [-0.1, -0.05) is 49.1 Å². The predicted octanol–water partition coefficient (Wildman–Crippen LogP) is 3.58. The lowest BCUT2D eigenvalue weighted by Crippen LogP contribution is -2.54. The fourth-order valence-electron chi connectivity index (χ4n) is 4.62. The Kier molecular flexibility index (Phi) is 10.7. The average molecular weight is 515 g/mol. The molecule has 37 heavy (non-hydrogen) atoms. The number of benzene rings is 1. The van der Waals surface area contributed by atoms with Crippen molar-refractivity contribution in [3.8, 4) is 0 Å². The third kappa shape index (κ3) is 9.22. The molecule has 204 valence electrons. The highest BCUT2D eigenvalue weighted by atomic mass is 16.6. The van der Waals surface area contributed by atoms with E-state index in [1.54, 1.807) is 20.8 Å². The van der Waals surface area contributed by atoms with Crippen LogP contribution in [-0.4, -0.2) is 52.9 Å². The predicted molar refractivity (Wildman–Crippen MR) is 143 cm³/mol. The van der Waals surface area contributed by atoms with Crippen molar-refractivity contribution in [2.24, 2.45) is 5.73 Å². The number of hydrogen-bond acceptors (Lipinski definition) is 5. The maximum Gasteiger partial charge on any atom is 0.408 e. The number of hydrogen-bond donors (Lipinski definition) is 3. The molecule has 1 saturated carbocycles. The number of nitrogens with zero attached hydrogens (tertiary/aromatic N) is 1. The maximum atomic E-state index is 13.9. The zero-order chi connectivity index (χ0) is 27.8. The van der Waals surface area contributed by atoms with E-state index in [1.807, 2.05) is 32.0 Å². The first kappa shape index (κ1) is 29.9. The SMILES string of the molecule is C=CCN(C(=O)C(CC(N)=O)NC(=O)OC(C)(C)C)C(C(=O)NC1CCCCC1)c1ccc(C)cc1C. The molecule has 0 spiro atoms. The van der Waals surface area contributed by atoms with Crippen LogP contribution in [0.2, 0.25) is 0 Å². The van der Waals surface area contributed by atoms with Gasteiger partial charge in [-0.3, -0.25) is 14.4 Å². The molecule has 1 aliphatic rings. The van der Waals surface area contributed by atoms with Gasteiger partial charge in [0.2, 0.25) is 17.7 Å². The van der Waals surface area contributed by atoms with E-state index in [1.165, 1.54) is 11.0 Å². The molecule has 1 aromatic rings. The van der Waals surface area contributed by atoms with Crippen molar-refractivity contribution in [2.75, 3.05) is 6.54 Å². The third-order valence-corrected chi connectivity index (χ3v) is 6.23. The quantitative estimate of drug-likeness (QED) is 0.411. The van der Waals surface area contributed by atoms with Crippen LogP contribution in [0.15, 0.2) is 30.9 Å². The molecule has 0 heterocycles. The molecule has 0 aromatic heterocycles. The molecule has 4 N–H and O–H groups in total. The van der Waals surface area contributed by atoms with Gasteiger partial charge in [-0.25, -0.2) is 4.79 Å². The van der Waals surface area contributed by atoms with Crippen molar-refractivity contribution in [2.45, 2.75) is 96.9 Å². The Morgan fingerprint density at radius 1 is 1.16 bits per heavy atom. The van der Waals surface area contributed by atoms with E-state index in [2.05, 4.69) is 17.2 Å². The number of aryl methyl sites for hydroxylation is 2. The van der Waals surface area contributed by atoms with Gasteiger partial charge in [0.25, 0.3) is 0 Å². The number of nitrogens with two attached hydrogens (primary N) is 1. The zero-order valence-corrected chi connectivity index (χ0v) is 22.8. The van der Waals surface area contributed by atoms with Crippen LogP contribution >= 0.6 is 0 Å². The van der Waals surface area contributed by atoms with Crippen LogP contribution in [0.1, 0.15) is 82.0 Å². The van der Waals surface area contributed by atoms with Crippen LogP contribution in [0.25, 0.3) is 0 Å². The van der Waals surface area contributed by atoms with Crippen molar-refractivity contribution in [1.82, 2.24) is 15.5 Å². The van der Waals surface area contributed by atoms with Gasteiger partial charge in [0.1, 0.15) is 17.7 Å². The van der Waals surface area contributed by atoms with Gasteiger partial charge >= 0.3 is 6.09 Å². The van der Waals surface area contributed by atoms with Gasteiger partial charge in [-0.15, -0.1) is 6.58 Å². The molecule has 2 rings (SSSR count). The molecule has 2 atom stereocenters. The summed E-state index contributed by atoms with van der Waals surface area (Å²) in [6, 6.07) is 3.39. The number of carbonyl (C=O) groups is 4. The number of amides is 4. The summed E-state index contributed by atoms with van der Waals surface area (Å²) < 4.78 is 5.29. The van der Waals surface area contributed by atoms with Crippen LogP contribution < -0.4 is 16.4 Å². The molecule has 1 aromatic carbocycles. The summed E-state index contributed by atoms with van der Waals surface area (Å²) in [4.78, 5) is 53.4. The van der Waals surface area contributed by atoms with Gasteiger partial charge in [-0.05, 0) is 58.6 Å². The molecule has 0 bridgehead atoms. The first-order valence-corrected chi connectivity index (χ1v) is 12.9. The highest BCUT2D eigenvalue weighted by Gasteiger charge is 2.37. The maximum absolute atomic E-state index is 13.9. The molecule has 9 nitrogen and oxygen atoms in total. The van der Waals surface area contributed by atoms with Crippen LogP contribution in [-0.2, 0) is 19.1 Å². The Balaban J connectivity index is 2.48. The van der Waals surface area contributed by atoms with E-state index in [4.69, 9.17) is 10.5 Å². The molecule has 1 fully saturated rings. The lowest BCUT2D eigenvalue weighted by molar-refractivity contribution is -0.143. The van der Waals surface area contributed by atoms with Crippen molar-refractivity contribution in [3.63, 3.8) is 0 Å². The second-order valence-corrected chi connectivity index (χ2v) is 10.8. The Morgan fingerprint density at radius 2 is 1.81 bits per heavy atom. The topological polar surface area (TPSA) is 131 Å². The highest BCUT2D eigenvalue weighted by Crippen LogP contribution is 2.28. The number of rotatable bonds is 10. The summed E-state index contributed by atoms with van der Waals surface area (Å²) in [7, 11) is 0. The molecule has 4 amide bonds. The zero-order valence-electron chi connectivity index (χ0n) is 22.8. The largest absolute Gasteiger partial charge is 0.444 e. The molecule has 2 unspecified atom stereocenters. The Hall–Kier alpha value is -3.36. The second kappa shape index (κ2) is 13.3. The summed E-state index contributed by atoms with van der Waals surface area (Å²) in [6.45, 7) is 12.7. The Morgan fingerprint density at radius 3 is 2.35 bits per heavy atom. The highest BCUT2D eigenvalue weighted by molar-refractivity contribution is 5.94. The summed E-state index contributed by atoms with van der Waals surface area (Å²) in [5, 5.41) is 5.61. The number of primary amides is 1. The minimum absolute atomic E-state index is 0.0141. The normalized spacial score (nSPS) is 15.7. The summed E-state index contributed by atoms with van der Waals surface area (Å²) >= 11 is 0. The first-order valence-electron chi connectivity index (χ1n) is 12.9. The summed E-state index contributed by atoms with van der Waals surface area (Å²) in [5.74, 6) is -1.72. The van der Waals surface area contributed by atoms with Crippen molar-refractivity contribution in [1.29, 1.82) is 0 Å². The van der Waals surface area contributed by atoms with Crippen LogP contribution in [0.5, 0.6) is 0 Å². The van der Waals surface area contributed by atoms with Crippen LogP contribution in [0, 0.1) is 13.8 Å². The number of carbonyl (C=O) groups excluding carboxylic acids is 4. The number of nitrogens with one attached hydrogen (secondary N) is 2. The van der Waals surface area contributed by atoms with E-state index in [0.717, 1.165) is 43.2 Å². The molecule has 9 heteroatoms. The lowest BCUT2D eigenvalue weighted by Gasteiger charge is -2.35. The molecule has 0 aliphatic heterocycles. The molecule has 0 saturated heterocycles. The fraction of sp³-hybridized carbons (Fsp3) is 0.571. The second-order valence-electron chi connectivity index (χ2n) is 10.8. The molecular weight excluding hydrogens is 472 g/mol. The Bertz CT molecular complexity index is 995. The molecule has 1 aliphatic carbocycles. The average Bonchev–Trinajstić information content (AvgIpc) is 2.78. The monoisotopic (exact) mass is 514 g/mol. The summed E-state index contributed by atoms with van der Waals surface area (Å²) in [6.07, 6.45) is 5.17.